The number of rotatable bonds is 4. The van der Waals surface area contributed by atoms with E-state index in [0.29, 0.717) is 0 Å². The molecule has 0 radical (unpaired) electrons. The summed E-state index contributed by atoms with van der Waals surface area (Å²) in [5, 5.41) is 0. The predicted octanol–water partition coefficient (Wildman–Crippen LogP) is -1.25. The molecule has 0 heterocycles. The highest BCUT2D eigenvalue weighted by atomic mass is 16.5. The Balaban J connectivity index is 3.39. The molecule has 0 aliphatic rings. The van der Waals surface area contributed by atoms with Crippen molar-refractivity contribution in [2.45, 2.75) is 19.4 Å². The first-order valence-corrected chi connectivity index (χ1v) is 3.22. The molecule has 11 heavy (non-hydrogen) atoms. The van der Waals surface area contributed by atoms with E-state index in [1.165, 1.54) is 6.92 Å². The van der Waals surface area contributed by atoms with Crippen LogP contribution < -0.4 is 11.5 Å². The minimum Gasteiger partial charge on any atom is -0.466 e. The van der Waals surface area contributed by atoms with E-state index in [-0.39, 0.29) is 19.0 Å². The molecule has 64 valence electrons. The Morgan fingerprint density at radius 1 is 1.55 bits per heavy atom. The highest BCUT2D eigenvalue weighted by Crippen LogP contribution is 1.88. The second-order valence-corrected chi connectivity index (χ2v) is 2.14. The maximum Gasteiger partial charge on any atom is 0.302 e. The van der Waals surface area contributed by atoms with Crippen molar-refractivity contribution in [1.82, 2.24) is 0 Å². The Morgan fingerprint density at radius 3 is 2.45 bits per heavy atom. The van der Waals surface area contributed by atoms with Crippen molar-refractivity contribution in [3.63, 3.8) is 0 Å². The van der Waals surface area contributed by atoms with Gasteiger partial charge in [0.25, 0.3) is 0 Å². The monoisotopic (exact) mass is 160 g/mol. The molecule has 1 amide bonds. The van der Waals surface area contributed by atoms with E-state index in [1.807, 2.05) is 0 Å². The topological polar surface area (TPSA) is 95.4 Å². The van der Waals surface area contributed by atoms with Gasteiger partial charge in [-0.2, -0.15) is 0 Å². The van der Waals surface area contributed by atoms with E-state index in [0.717, 1.165) is 0 Å². The number of hydrogen-bond acceptors (Lipinski definition) is 4. The average molecular weight is 160 g/mol. The lowest BCUT2D eigenvalue weighted by Crippen LogP contribution is -2.37. The van der Waals surface area contributed by atoms with Crippen LogP contribution in [0, 0.1) is 0 Å². The summed E-state index contributed by atoms with van der Waals surface area (Å²) < 4.78 is 4.54. The number of carbonyl (C=O) groups excluding carboxylic acids is 2. The van der Waals surface area contributed by atoms with Crippen LogP contribution in [0.25, 0.3) is 0 Å². The smallest absolute Gasteiger partial charge is 0.302 e. The second kappa shape index (κ2) is 4.68. The third kappa shape index (κ3) is 5.35. The van der Waals surface area contributed by atoms with Crippen LogP contribution in [-0.2, 0) is 14.3 Å². The third-order valence-electron chi connectivity index (χ3n) is 1.10. The summed E-state index contributed by atoms with van der Waals surface area (Å²) in [6.45, 7) is 1.43. The van der Waals surface area contributed by atoms with Gasteiger partial charge in [0.15, 0.2) is 0 Å². The first-order valence-electron chi connectivity index (χ1n) is 3.22. The highest BCUT2D eigenvalue weighted by Gasteiger charge is 2.08. The van der Waals surface area contributed by atoms with Crippen LogP contribution in [0.15, 0.2) is 0 Å². The van der Waals surface area contributed by atoms with Crippen LogP contribution >= 0.6 is 0 Å². The minimum atomic E-state index is -0.727. The van der Waals surface area contributed by atoms with Crippen LogP contribution in [0.3, 0.4) is 0 Å². The van der Waals surface area contributed by atoms with Gasteiger partial charge in [0.1, 0.15) is 0 Å². The first-order chi connectivity index (χ1) is 5.04. The van der Waals surface area contributed by atoms with Crippen LogP contribution in [0.2, 0.25) is 0 Å². The molecule has 4 N–H and O–H groups in total. The molecule has 0 aliphatic heterocycles. The van der Waals surface area contributed by atoms with Crippen LogP contribution in [-0.4, -0.2) is 24.5 Å². The molecule has 5 nitrogen and oxygen atoms in total. The Bertz CT molecular complexity index is 158. The molecule has 0 aromatic carbocycles. The molecule has 0 fully saturated rings. The second-order valence-electron chi connectivity index (χ2n) is 2.14. The number of carbonyl (C=O) groups is 2. The summed E-state index contributed by atoms with van der Waals surface area (Å²) in [4.78, 5) is 20.5. The lowest BCUT2D eigenvalue weighted by Gasteiger charge is -2.05. The van der Waals surface area contributed by atoms with E-state index >= 15 is 0 Å². The van der Waals surface area contributed by atoms with Gasteiger partial charge in [-0.25, -0.2) is 0 Å². The average Bonchev–Trinajstić information content (AvgIpc) is 1.86. The molecule has 0 spiro atoms. The standard InChI is InChI=1S/C6H12N2O3/c1-4(9)11-3-2-5(7)6(8)10/h5H,2-3,7H2,1H3,(H2,8,10). The number of nitrogens with two attached hydrogens (primary N) is 2. The van der Waals surface area contributed by atoms with Gasteiger partial charge in [-0.05, 0) is 0 Å². The van der Waals surface area contributed by atoms with Gasteiger partial charge in [0, 0.05) is 13.3 Å². The fourth-order valence-corrected chi connectivity index (χ4v) is 0.472. The lowest BCUT2D eigenvalue weighted by atomic mass is 10.2. The van der Waals surface area contributed by atoms with E-state index < -0.39 is 11.9 Å². The largest absolute Gasteiger partial charge is 0.466 e. The van der Waals surface area contributed by atoms with Gasteiger partial charge < -0.3 is 16.2 Å². The van der Waals surface area contributed by atoms with Crippen molar-refractivity contribution in [2.24, 2.45) is 11.5 Å². The minimum absolute atomic E-state index is 0.138. The van der Waals surface area contributed by atoms with Crippen molar-refractivity contribution in [2.75, 3.05) is 6.61 Å². The summed E-state index contributed by atoms with van der Waals surface area (Å²) in [6.07, 6.45) is 0.273. The van der Waals surface area contributed by atoms with Crippen molar-refractivity contribution in [3.05, 3.63) is 0 Å². The van der Waals surface area contributed by atoms with Crippen molar-refractivity contribution < 1.29 is 14.3 Å². The molecule has 1 atom stereocenters. The molecule has 0 saturated carbocycles. The van der Waals surface area contributed by atoms with E-state index in [4.69, 9.17) is 11.5 Å². The zero-order chi connectivity index (χ0) is 8.85. The van der Waals surface area contributed by atoms with Gasteiger partial charge in [-0.1, -0.05) is 0 Å². The number of primary amides is 1. The Morgan fingerprint density at radius 2 is 2.09 bits per heavy atom. The van der Waals surface area contributed by atoms with Crippen molar-refractivity contribution in [1.29, 1.82) is 0 Å². The van der Waals surface area contributed by atoms with E-state index in [9.17, 15) is 9.59 Å². The first kappa shape index (κ1) is 9.90. The lowest BCUT2D eigenvalue weighted by molar-refractivity contribution is -0.141. The maximum atomic E-state index is 10.3. The van der Waals surface area contributed by atoms with Gasteiger partial charge in [0.05, 0.1) is 12.6 Å². The van der Waals surface area contributed by atoms with E-state index in [1.54, 1.807) is 0 Å². The zero-order valence-corrected chi connectivity index (χ0v) is 6.37. The van der Waals surface area contributed by atoms with Crippen LogP contribution in [0.5, 0.6) is 0 Å². The number of amides is 1. The van der Waals surface area contributed by atoms with Gasteiger partial charge in [0.2, 0.25) is 5.91 Å². The fourth-order valence-electron chi connectivity index (χ4n) is 0.472. The highest BCUT2D eigenvalue weighted by molar-refractivity contribution is 5.79. The molecule has 0 aromatic rings. The summed E-state index contributed by atoms with van der Waals surface area (Å²) in [7, 11) is 0. The molecule has 0 aliphatic carbocycles. The summed E-state index contributed by atoms with van der Waals surface area (Å²) >= 11 is 0. The third-order valence-corrected chi connectivity index (χ3v) is 1.10. The predicted molar refractivity (Wildman–Crippen MR) is 38.4 cm³/mol. The van der Waals surface area contributed by atoms with Crippen molar-refractivity contribution >= 4 is 11.9 Å². The normalized spacial score (nSPS) is 12.2. The SMILES string of the molecule is CC(=O)OCCC(N)C(N)=O. The van der Waals surface area contributed by atoms with Gasteiger partial charge >= 0.3 is 5.97 Å². The van der Waals surface area contributed by atoms with Crippen molar-refractivity contribution in [3.8, 4) is 0 Å². The molecule has 0 aromatic heterocycles. The van der Waals surface area contributed by atoms with Crippen LogP contribution in [0.4, 0.5) is 0 Å². The quantitative estimate of drug-likeness (QED) is 0.502. The number of ether oxygens (including phenoxy) is 1. The molecular weight excluding hydrogens is 148 g/mol. The van der Waals surface area contributed by atoms with Crippen LogP contribution in [0.1, 0.15) is 13.3 Å². The molecule has 5 heteroatoms. The number of hydrogen-bond donors (Lipinski definition) is 2. The fraction of sp³-hybridized carbons (Fsp3) is 0.667. The Labute approximate surface area is 64.7 Å². The maximum absolute atomic E-state index is 10.3. The summed E-state index contributed by atoms with van der Waals surface area (Å²) in [5.74, 6) is -0.973. The van der Waals surface area contributed by atoms with Gasteiger partial charge in [-0.15, -0.1) is 0 Å². The number of esters is 1. The summed E-state index contributed by atoms with van der Waals surface area (Å²) in [5.41, 5.74) is 10.1. The molecule has 1 unspecified atom stereocenters. The molecule has 0 rings (SSSR count). The summed E-state index contributed by atoms with van der Waals surface area (Å²) in [6, 6.07) is -0.727. The Kier molecular flexibility index (Phi) is 4.21. The Hall–Kier alpha value is -1.10. The molecule has 0 saturated heterocycles. The molecular formula is C6H12N2O3. The molecule has 0 bridgehead atoms. The van der Waals surface area contributed by atoms with E-state index in [2.05, 4.69) is 4.74 Å². The van der Waals surface area contributed by atoms with Gasteiger partial charge in [-0.3, -0.25) is 9.59 Å². The zero-order valence-electron chi connectivity index (χ0n) is 6.37.